The maximum Gasteiger partial charge on any atom is 0.309 e. The summed E-state index contributed by atoms with van der Waals surface area (Å²) in [7, 11) is -2.28. The van der Waals surface area contributed by atoms with Gasteiger partial charge in [0, 0.05) is 38.8 Å². The van der Waals surface area contributed by atoms with Gasteiger partial charge in [0.1, 0.15) is 18.1 Å². The summed E-state index contributed by atoms with van der Waals surface area (Å²) in [6.45, 7) is 10.9. The van der Waals surface area contributed by atoms with E-state index in [-0.39, 0.29) is 30.4 Å². The molecule has 1 fully saturated rings. The molecule has 0 amide bonds. The minimum Gasteiger partial charge on any atom is -0.494 e. The highest BCUT2D eigenvalue weighted by molar-refractivity contribution is 7.89. The molecule has 0 spiro atoms. The van der Waals surface area contributed by atoms with Gasteiger partial charge in [0.15, 0.2) is 0 Å². The van der Waals surface area contributed by atoms with Crippen molar-refractivity contribution in [2.45, 2.75) is 76.5 Å². The molecule has 0 saturated carbocycles. The number of piperidine rings is 1. The number of carbonyl (C=O) groups is 1. The Bertz CT molecular complexity index is 1660. The van der Waals surface area contributed by atoms with Gasteiger partial charge in [-0.1, -0.05) is 35.9 Å². The van der Waals surface area contributed by atoms with Crippen LogP contribution in [0.1, 0.15) is 62.6 Å². The maximum absolute atomic E-state index is 14.3. The van der Waals surface area contributed by atoms with E-state index in [1.807, 2.05) is 50.2 Å². The lowest BCUT2D eigenvalue weighted by Crippen LogP contribution is -2.53. The minimum atomic E-state index is -3.99. The number of anilines is 1. The molecule has 266 valence electrons. The smallest absolute Gasteiger partial charge is 0.309 e. The van der Waals surface area contributed by atoms with Crippen molar-refractivity contribution < 1.29 is 37.3 Å². The first-order valence-corrected chi connectivity index (χ1v) is 18.5. The fourth-order valence-electron chi connectivity index (χ4n) is 6.76. The van der Waals surface area contributed by atoms with Crippen LogP contribution in [0.15, 0.2) is 71.6 Å². The molecular weight excluding hydrogens is 644 g/mol. The number of rotatable bonds is 15. The summed E-state index contributed by atoms with van der Waals surface area (Å²) in [6, 6.07) is 20.1. The van der Waals surface area contributed by atoms with Crippen LogP contribution in [0.4, 0.5) is 5.69 Å². The van der Waals surface area contributed by atoms with Gasteiger partial charge in [-0.2, -0.15) is 4.31 Å². The number of sulfonamides is 1. The van der Waals surface area contributed by atoms with Crippen LogP contribution in [0.5, 0.6) is 11.5 Å². The standard InChI is InChI=1S/C38H50N2O8S/c1-6-46-31-13-11-29(12-14-31)33-23-30(24-38(3,4)37(41)42)40(49(43,44)32-15-8-27(2)9-16-32)25-36(33)48-26-28-10-17-35-34(22-28)39(19-21-47-35)18-7-20-45-5/h8-17,22,30,33,36H,6-7,18-21,23-26H2,1-5H3,(H,41,42)/t30-,33+,36-/m0/s1. The van der Waals surface area contributed by atoms with E-state index in [1.54, 1.807) is 45.2 Å². The molecule has 0 radical (unpaired) electrons. The second-order valence-corrected chi connectivity index (χ2v) is 15.5. The van der Waals surface area contributed by atoms with Crippen molar-refractivity contribution >= 4 is 21.7 Å². The van der Waals surface area contributed by atoms with Crippen LogP contribution in [0.3, 0.4) is 0 Å². The molecule has 0 bridgehead atoms. The third-order valence-electron chi connectivity index (χ3n) is 9.54. The minimum absolute atomic E-state index is 0.0750. The number of methoxy groups -OCH3 is 1. The van der Waals surface area contributed by atoms with Gasteiger partial charge in [0.2, 0.25) is 10.0 Å². The number of aliphatic carboxylic acids is 1. The fraction of sp³-hybridized carbons (Fsp3) is 0.500. The van der Waals surface area contributed by atoms with Crippen molar-refractivity contribution in [3.8, 4) is 11.5 Å². The van der Waals surface area contributed by atoms with E-state index in [4.69, 9.17) is 18.9 Å². The Kier molecular flexibility index (Phi) is 11.9. The SMILES string of the molecule is CCOc1ccc([C@H]2C[C@@H](CC(C)(C)C(=O)O)N(S(=O)(=O)c3ccc(C)cc3)C[C@@H]2OCc2ccc3c(c2)N(CCCOC)CCO3)cc1. The first-order valence-electron chi connectivity index (χ1n) is 17.1. The van der Waals surface area contributed by atoms with Gasteiger partial charge in [0.25, 0.3) is 0 Å². The molecule has 10 nitrogen and oxygen atoms in total. The monoisotopic (exact) mass is 694 g/mol. The third-order valence-corrected chi connectivity index (χ3v) is 11.5. The van der Waals surface area contributed by atoms with Crippen LogP contribution < -0.4 is 14.4 Å². The average molecular weight is 695 g/mol. The van der Waals surface area contributed by atoms with Crippen molar-refractivity contribution in [3.05, 3.63) is 83.4 Å². The Morgan fingerprint density at radius 1 is 1.06 bits per heavy atom. The highest BCUT2D eigenvalue weighted by atomic mass is 32.2. The van der Waals surface area contributed by atoms with E-state index in [0.29, 0.717) is 26.2 Å². The molecule has 49 heavy (non-hydrogen) atoms. The van der Waals surface area contributed by atoms with Gasteiger partial charge < -0.3 is 29.0 Å². The van der Waals surface area contributed by atoms with Crippen molar-refractivity contribution in [2.75, 3.05) is 51.5 Å². The lowest BCUT2D eigenvalue weighted by atomic mass is 9.77. The number of carboxylic acids is 1. The van der Waals surface area contributed by atoms with Crippen LogP contribution in [0.2, 0.25) is 0 Å². The predicted molar refractivity (Wildman–Crippen MR) is 189 cm³/mol. The number of hydrogen-bond donors (Lipinski definition) is 1. The molecule has 1 saturated heterocycles. The molecule has 2 aliphatic rings. The van der Waals surface area contributed by atoms with Gasteiger partial charge in [-0.3, -0.25) is 4.79 Å². The normalized spacial score (nSPS) is 20.0. The Morgan fingerprint density at radius 3 is 2.47 bits per heavy atom. The maximum atomic E-state index is 14.3. The van der Waals surface area contributed by atoms with Crippen molar-refractivity contribution in [2.24, 2.45) is 5.41 Å². The van der Waals surface area contributed by atoms with Crippen LogP contribution in [0.25, 0.3) is 0 Å². The third kappa shape index (κ3) is 8.75. The van der Waals surface area contributed by atoms with Crippen molar-refractivity contribution in [1.82, 2.24) is 4.31 Å². The molecule has 3 aromatic carbocycles. The zero-order valence-electron chi connectivity index (χ0n) is 29.3. The summed E-state index contributed by atoms with van der Waals surface area (Å²) in [5.41, 5.74) is 2.75. The highest BCUT2D eigenvalue weighted by Crippen LogP contribution is 2.42. The number of fused-ring (bicyclic) bond motifs is 1. The van der Waals surface area contributed by atoms with Gasteiger partial charge in [0.05, 0.1) is 41.9 Å². The molecular formula is C38H50N2O8S. The summed E-state index contributed by atoms with van der Waals surface area (Å²) in [5, 5.41) is 10.1. The number of hydrogen-bond acceptors (Lipinski definition) is 8. The van der Waals surface area contributed by atoms with Crippen LogP contribution in [0, 0.1) is 12.3 Å². The second kappa shape index (κ2) is 15.9. The molecule has 0 unspecified atom stereocenters. The molecule has 0 aromatic heterocycles. The quantitative estimate of drug-likeness (QED) is 0.184. The molecule has 0 aliphatic carbocycles. The van der Waals surface area contributed by atoms with E-state index in [0.717, 1.165) is 53.4 Å². The summed E-state index contributed by atoms with van der Waals surface area (Å²) >= 11 is 0. The number of benzene rings is 3. The van der Waals surface area contributed by atoms with Crippen LogP contribution in [-0.4, -0.2) is 82.5 Å². The lowest BCUT2D eigenvalue weighted by Gasteiger charge is -2.45. The topological polar surface area (TPSA) is 115 Å². The van der Waals surface area contributed by atoms with Crippen LogP contribution in [-0.2, 0) is 30.9 Å². The lowest BCUT2D eigenvalue weighted by molar-refractivity contribution is -0.148. The average Bonchev–Trinajstić information content (AvgIpc) is 3.08. The van der Waals surface area contributed by atoms with E-state index >= 15 is 0 Å². The molecule has 11 heteroatoms. The summed E-state index contributed by atoms with van der Waals surface area (Å²) < 4.78 is 53.7. The number of carboxylic acid groups (broad SMARTS) is 1. The molecule has 2 heterocycles. The zero-order valence-corrected chi connectivity index (χ0v) is 30.1. The Balaban J connectivity index is 1.48. The first-order chi connectivity index (χ1) is 23.4. The first kappa shape index (κ1) is 36.6. The Morgan fingerprint density at radius 2 is 1.80 bits per heavy atom. The van der Waals surface area contributed by atoms with E-state index in [2.05, 4.69) is 11.0 Å². The number of aryl methyl sites for hydroxylation is 1. The van der Waals surface area contributed by atoms with E-state index in [9.17, 15) is 18.3 Å². The van der Waals surface area contributed by atoms with Crippen molar-refractivity contribution in [3.63, 3.8) is 0 Å². The zero-order chi connectivity index (χ0) is 35.2. The summed E-state index contributed by atoms with van der Waals surface area (Å²) in [4.78, 5) is 14.8. The number of ether oxygens (including phenoxy) is 4. The second-order valence-electron chi connectivity index (χ2n) is 13.6. The van der Waals surface area contributed by atoms with Crippen LogP contribution >= 0.6 is 0 Å². The molecule has 5 rings (SSSR count). The van der Waals surface area contributed by atoms with E-state index < -0.39 is 33.6 Å². The van der Waals surface area contributed by atoms with Gasteiger partial charge in [-0.05, 0) is 94.5 Å². The van der Waals surface area contributed by atoms with E-state index in [1.165, 1.54) is 4.31 Å². The molecule has 3 atom stereocenters. The Hall–Kier alpha value is -3.64. The molecule has 1 N–H and O–H groups in total. The predicted octanol–water partition coefficient (Wildman–Crippen LogP) is 6.26. The molecule has 3 aromatic rings. The summed E-state index contributed by atoms with van der Waals surface area (Å²) in [6.07, 6.45) is 0.934. The van der Waals surface area contributed by atoms with Gasteiger partial charge in [-0.15, -0.1) is 0 Å². The molecule has 2 aliphatic heterocycles. The largest absolute Gasteiger partial charge is 0.494 e. The fourth-order valence-corrected chi connectivity index (χ4v) is 8.41. The number of nitrogens with zero attached hydrogens (tertiary/aromatic N) is 2. The Labute approximate surface area is 291 Å². The van der Waals surface area contributed by atoms with Gasteiger partial charge in [-0.25, -0.2) is 8.42 Å². The summed E-state index contributed by atoms with van der Waals surface area (Å²) in [5.74, 6) is 0.416. The highest BCUT2D eigenvalue weighted by Gasteiger charge is 2.46. The van der Waals surface area contributed by atoms with Gasteiger partial charge >= 0.3 is 5.97 Å². The van der Waals surface area contributed by atoms with Crippen molar-refractivity contribution in [1.29, 1.82) is 0 Å².